The van der Waals surface area contributed by atoms with Gasteiger partial charge in [-0.2, -0.15) is 23.5 Å². The number of nitrogens with two attached hydrogens (primary N) is 5. The van der Waals surface area contributed by atoms with Crippen molar-refractivity contribution in [3.63, 3.8) is 0 Å². The van der Waals surface area contributed by atoms with Crippen molar-refractivity contribution in [2.24, 2.45) is 28.7 Å². The van der Waals surface area contributed by atoms with E-state index in [4.69, 9.17) is 81.5 Å². The van der Waals surface area contributed by atoms with E-state index in [9.17, 15) is 40.9 Å². The second kappa shape index (κ2) is 31.8. The maximum atomic E-state index is 10.5. The fraction of sp³-hybridized carbons (Fsp3) is 0.950. The van der Waals surface area contributed by atoms with E-state index in [0.29, 0.717) is 59.4 Å². The lowest BCUT2D eigenvalue weighted by atomic mass is 9.97. The zero-order chi connectivity index (χ0) is 49.8. The average Bonchev–Trinajstić information content (AvgIpc) is 3.74. The lowest BCUT2D eigenvalue weighted by molar-refractivity contribution is -0.278. The molecule has 4 heterocycles. The number of hydrogen-bond donors (Lipinski definition) is 17. The molecule has 4 rings (SSSR count). The first-order chi connectivity index (χ1) is 32.6. The molecule has 0 radical (unpaired) electrons. The van der Waals surface area contributed by atoms with E-state index < -0.39 is 110 Å². The van der Waals surface area contributed by atoms with Crippen molar-refractivity contribution >= 4 is 58.2 Å². The molecule has 0 amide bonds. The fourth-order valence-electron chi connectivity index (χ4n) is 8.05. The molecule has 4 aliphatic rings. The second-order valence-electron chi connectivity index (χ2n) is 17.3. The Hall–Kier alpha value is -0.720. The van der Waals surface area contributed by atoms with Crippen LogP contribution in [0.4, 0.5) is 0 Å². The van der Waals surface area contributed by atoms with Crippen molar-refractivity contribution in [3.8, 4) is 0 Å². The first kappa shape index (κ1) is 59.8. The van der Waals surface area contributed by atoms with E-state index in [1.54, 1.807) is 0 Å². The molecule has 0 spiro atoms. The number of thiocarbonyl (C=S) groups is 2. The maximum Gasteiger partial charge on any atom is 0.184 e. The standard InChI is InChI=1S/C40H80N10O14S4/c41-7-2-1-4-12-50(14-6-9-47-40(66)49-11-16-68-20-24-34(32(56)36(58)60-24)64-38-26(45)30(54)28(52)22(18-43)62-38)13-5-3-8-46-39(65)48-10-15-67-19-23-33(31(55)35(57)59-23)63-37-25(44)29(53)27(51)21(17-42)61-37/h21-38,51-58H,1-20,41-45H2,(H2,46,48,65)(H2,47,49,66)/t21-,22-,23+,24+,25?,26?,27+,28+,29?,30?,31-,32-,33-,34-,35?,36?,37+,38+/m0/s1. The summed E-state index contributed by atoms with van der Waals surface area (Å²) < 4.78 is 34.1. The molecular weight excluding hydrogens is 973 g/mol. The van der Waals surface area contributed by atoms with E-state index in [-0.39, 0.29) is 13.1 Å². The van der Waals surface area contributed by atoms with Gasteiger partial charge in [0.1, 0.15) is 61.0 Å². The zero-order valence-corrected chi connectivity index (χ0v) is 41.8. The average molecular weight is 1050 g/mol. The van der Waals surface area contributed by atoms with E-state index in [1.165, 1.54) is 23.5 Å². The molecule has 0 saturated carbocycles. The van der Waals surface area contributed by atoms with E-state index >= 15 is 0 Å². The van der Waals surface area contributed by atoms with Crippen LogP contribution in [0, 0.1) is 0 Å². The molecule has 18 atom stereocenters. The monoisotopic (exact) mass is 1050 g/mol. The topological polar surface area (TPSA) is 399 Å². The van der Waals surface area contributed by atoms with Gasteiger partial charge in [0, 0.05) is 62.3 Å². The van der Waals surface area contributed by atoms with Gasteiger partial charge in [-0.1, -0.05) is 6.42 Å². The first-order valence-corrected chi connectivity index (χ1v) is 26.6. The Bertz CT molecular complexity index is 1440. The molecule has 0 aromatic heterocycles. The van der Waals surface area contributed by atoms with Crippen LogP contribution in [-0.4, -0.2) is 255 Å². The summed E-state index contributed by atoms with van der Waals surface area (Å²) in [7, 11) is 0. The van der Waals surface area contributed by atoms with Crippen LogP contribution in [0.15, 0.2) is 0 Å². The summed E-state index contributed by atoms with van der Waals surface area (Å²) in [5.74, 6) is 2.04. The van der Waals surface area contributed by atoms with Gasteiger partial charge in [-0.05, 0) is 82.7 Å². The smallest absolute Gasteiger partial charge is 0.184 e. The highest BCUT2D eigenvalue weighted by molar-refractivity contribution is 7.99. The molecule has 68 heavy (non-hydrogen) atoms. The Kier molecular flexibility index (Phi) is 28.0. The van der Waals surface area contributed by atoms with Gasteiger partial charge in [-0.25, -0.2) is 0 Å². The maximum absolute atomic E-state index is 10.5. The largest absolute Gasteiger partial charge is 0.388 e. The molecule has 24 nitrogen and oxygen atoms in total. The van der Waals surface area contributed by atoms with Gasteiger partial charge in [0.05, 0.1) is 24.3 Å². The number of aliphatic hydroxyl groups excluding tert-OH is 8. The molecule has 22 N–H and O–H groups in total. The van der Waals surface area contributed by atoms with Crippen LogP contribution in [0.25, 0.3) is 0 Å². The van der Waals surface area contributed by atoms with Crippen LogP contribution in [0.3, 0.4) is 0 Å². The summed E-state index contributed by atoms with van der Waals surface area (Å²) in [6.45, 7) is 5.90. The van der Waals surface area contributed by atoms with Crippen molar-refractivity contribution in [1.82, 2.24) is 26.2 Å². The SMILES string of the molecule is NCCCCCN(CCCCNC(=S)NCCSC[C@H]1OC(O)[C@@H](O)[C@H]1O[C@H]1O[C@@H](CN)[C@@H](O)C(O)C1N)CCCNC(=S)NCCSC[C@H]1OC(O)[C@@H](O)[C@H]1O[C@H]1O[C@@H](CN)[C@@H](O)C(O)C1N. The van der Waals surface area contributed by atoms with Crippen LogP contribution >= 0.6 is 48.0 Å². The van der Waals surface area contributed by atoms with Crippen LogP contribution in [0.5, 0.6) is 0 Å². The lowest BCUT2D eigenvalue weighted by Gasteiger charge is -2.42. The predicted molar refractivity (Wildman–Crippen MR) is 264 cm³/mol. The highest BCUT2D eigenvalue weighted by Gasteiger charge is 2.51. The molecule has 0 aliphatic carbocycles. The number of nitrogens with zero attached hydrogens (tertiary/aromatic N) is 1. The Morgan fingerprint density at radius 3 is 1.35 bits per heavy atom. The number of hydrogen-bond acceptors (Lipinski definition) is 24. The Morgan fingerprint density at radius 1 is 0.500 bits per heavy atom. The van der Waals surface area contributed by atoms with Gasteiger partial charge in [-0.3, -0.25) is 0 Å². The fourth-order valence-corrected chi connectivity index (χ4v) is 10.3. The lowest BCUT2D eigenvalue weighted by Crippen LogP contribution is -2.64. The summed E-state index contributed by atoms with van der Waals surface area (Å²) in [6, 6.07) is -2.21. The van der Waals surface area contributed by atoms with Crippen molar-refractivity contribution < 1.29 is 69.3 Å². The van der Waals surface area contributed by atoms with Crippen LogP contribution < -0.4 is 49.9 Å². The normalized spacial score (nSPS) is 36.3. The van der Waals surface area contributed by atoms with E-state index in [2.05, 4.69) is 26.2 Å². The molecule has 6 unspecified atom stereocenters. The Balaban J connectivity index is 1.04. The highest BCUT2D eigenvalue weighted by Crippen LogP contribution is 2.31. The van der Waals surface area contributed by atoms with Gasteiger partial charge < -0.3 is 124 Å². The summed E-state index contributed by atoms with van der Waals surface area (Å²) in [5, 5.41) is 96.4. The molecular formula is C40H80N10O14S4. The first-order valence-electron chi connectivity index (χ1n) is 23.5. The Labute approximate surface area is 418 Å². The van der Waals surface area contributed by atoms with Crippen LogP contribution in [0.2, 0.25) is 0 Å². The van der Waals surface area contributed by atoms with Gasteiger partial charge in [0.2, 0.25) is 0 Å². The van der Waals surface area contributed by atoms with Gasteiger partial charge >= 0.3 is 0 Å². The van der Waals surface area contributed by atoms with E-state index in [0.717, 1.165) is 64.7 Å². The van der Waals surface area contributed by atoms with Crippen molar-refractivity contribution in [2.75, 3.05) is 88.5 Å². The van der Waals surface area contributed by atoms with Gasteiger partial charge in [0.15, 0.2) is 35.4 Å². The van der Waals surface area contributed by atoms with E-state index in [1.807, 2.05) is 0 Å². The number of thioether (sulfide) groups is 2. The molecule has 28 heteroatoms. The Morgan fingerprint density at radius 2 is 0.912 bits per heavy atom. The summed E-state index contributed by atoms with van der Waals surface area (Å²) >= 11 is 14.0. The van der Waals surface area contributed by atoms with Crippen molar-refractivity contribution in [1.29, 1.82) is 0 Å². The summed E-state index contributed by atoms with van der Waals surface area (Å²) in [6.07, 6.45) is -12.5. The number of nitrogens with one attached hydrogen (secondary N) is 4. The number of unbranched alkanes of at least 4 members (excludes halogenated alkanes) is 3. The number of rotatable bonds is 30. The highest BCUT2D eigenvalue weighted by atomic mass is 32.2. The minimum Gasteiger partial charge on any atom is -0.388 e. The third kappa shape index (κ3) is 18.6. The quantitative estimate of drug-likeness (QED) is 0.0235. The molecule has 0 aromatic rings. The van der Waals surface area contributed by atoms with Crippen LogP contribution in [-0.2, 0) is 28.4 Å². The summed E-state index contributed by atoms with van der Waals surface area (Å²) in [5.41, 5.74) is 29.1. The third-order valence-electron chi connectivity index (χ3n) is 12.1. The second-order valence-corrected chi connectivity index (χ2v) is 20.4. The molecule has 0 bridgehead atoms. The van der Waals surface area contributed by atoms with Crippen molar-refractivity contribution in [2.45, 2.75) is 149 Å². The minimum atomic E-state index is -1.47. The number of ether oxygens (including phenoxy) is 6. The zero-order valence-electron chi connectivity index (χ0n) is 38.5. The summed E-state index contributed by atoms with van der Waals surface area (Å²) in [4.78, 5) is 2.47. The predicted octanol–water partition coefficient (Wildman–Crippen LogP) is -6.63. The minimum absolute atomic E-state index is 0.0778. The molecule has 0 aromatic carbocycles. The third-order valence-corrected chi connectivity index (χ3v) is 14.8. The number of aliphatic hydroxyl groups is 8. The van der Waals surface area contributed by atoms with Gasteiger partial charge in [0.25, 0.3) is 0 Å². The van der Waals surface area contributed by atoms with Crippen molar-refractivity contribution in [3.05, 3.63) is 0 Å². The van der Waals surface area contributed by atoms with Crippen LogP contribution in [0.1, 0.15) is 38.5 Å². The molecule has 398 valence electrons. The molecule has 4 aliphatic heterocycles. The molecule has 4 fully saturated rings. The van der Waals surface area contributed by atoms with Gasteiger partial charge in [-0.15, -0.1) is 0 Å². The molecule has 4 saturated heterocycles.